The van der Waals surface area contributed by atoms with Crippen molar-refractivity contribution in [3.05, 3.63) is 132 Å². The number of thiocarbonyl (C=S) groups is 1. The largest absolute Gasteiger partial charge is 0.491 e. The number of hydrogen-bond donors (Lipinski definition) is 2. The highest BCUT2D eigenvalue weighted by atomic mass is 32.1. The molecule has 4 aromatic rings. The SMILES string of the molecule is O=C(NC(=S)Nc1ccccc1OCCCc1ccccc1)C(c1ccccc1)c1ccccc1. The van der Waals surface area contributed by atoms with Crippen LogP contribution in [0.15, 0.2) is 115 Å². The van der Waals surface area contributed by atoms with E-state index in [1.165, 1.54) is 5.56 Å². The number of aryl methyl sites for hydroxylation is 1. The molecule has 176 valence electrons. The number of nitrogens with one attached hydrogen (secondary N) is 2. The maximum atomic E-state index is 13.3. The summed E-state index contributed by atoms with van der Waals surface area (Å²) in [5.41, 5.74) is 3.81. The molecule has 0 saturated heterocycles. The minimum absolute atomic E-state index is 0.193. The van der Waals surface area contributed by atoms with Gasteiger partial charge < -0.3 is 15.4 Å². The predicted molar refractivity (Wildman–Crippen MR) is 146 cm³/mol. The Morgan fingerprint density at radius 2 is 1.29 bits per heavy atom. The molecule has 5 heteroatoms. The van der Waals surface area contributed by atoms with E-state index in [1.54, 1.807) is 0 Å². The van der Waals surface area contributed by atoms with Crippen molar-refractivity contribution in [1.29, 1.82) is 0 Å². The monoisotopic (exact) mass is 480 g/mol. The van der Waals surface area contributed by atoms with Crippen LogP contribution in [0.5, 0.6) is 5.75 Å². The lowest BCUT2D eigenvalue weighted by Crippen LogP contribution is -2.38. The number of carbonyl (C=O) groups excluding carboxylic acids is 1. The van der Waals surface area contributed by atoms with Crippen molar-refractivity contribution in [2.45, 2.75) is 18.8 Å². The van der Waals surface area contributed by atoms with Crippen molar-refractivity contribution in [2.24, 2.45) is 0 Å². The smallest absolute Gasteiger partial charge is 0.238 e. The van der Waals surface area contributed by atoms with Crippen molar-refractivity contribution in [2.75, 3.05) is 11.9 Å². The second-order valence-corrected chi connectivity index (χ2v) is 8.54. The van der Waals surface area contributed by atoms with Gasteiger partial charge in [-0.05, 0) is 53.9 Å². The summed E-state index contributed by atoms with van der Waals surface area (Å²) in [5, 5.41) is 6.23. The molecule has 0 fully saturated rings. The Morgan fingerprint density at radius 1 is 0.743 bits per heavy atom. The number of ether oxygens (including phenoxy) is 1. The Labute approximate surface area is 212 Å². The molecule has 0 radical (unpaired) electrons. The zero-order valence-electron chi connectivity index (χ0n) is 19.4. The number of benzene rings is 4. The third-order valence-electron chi connectivity index (χ3n) is 5.61. The Morgan fingerprint density at radius 3 is 1.91 bits per heavy atom. The van der Waals surface area contributed by atoms with Crippen molar-refractivity contribution in [3.8, 4) is 5.75 Å². The first-order valence-electron chi connectivity index (χ1n) is 11.7. The van der Waals surface area contributed by atoms with E-state index in [4.69, 9.17) is 17.0 Å². The molecule has 4 rings (SSSR count). The van der Waals surface area contributed by atoms with Gasteiger partial charge in [-0.1, -0.05) is 103 Å². The minimum atomic E-state index is -0.471. The van der Waals surface area contributed by atoms with Gasteiger partial charge in [0.05, 0.1) is 18.2 Å². The number of anilines is 1. The van der Waals surface area contributed by atoms with Crippen LogP contribution in [0.4, 0.5) is 5.69 Å². The fourth-order valence-corrected chi connectivity index (χ4v) is 4.13. The van der Waals surface area contributed by atoms with E-state index in [2.05, 4.69) is 22.8 Å². The first-order chi connectivity index (χ1) is 17.2. The maximum absolute atomic E-state index is 13.3. The summed E-state index contributed by atoms with van der Waals surface area (Å²) in [6, 6.07) is 37.4. The first-order valence-corrected chi connectivity index (χ1v) is 12.1. The Balaban J connectivity index is 1.38. The number of para-hydroxylation sites is 2. The number of carbonyl (C=O) groups is 1. The minimum Gasteiger partial charge on any atom is -0.491 e. The van der Waals surface area contributed by atoms with E-state index in [0.29, 0.717) is 18.0 Å². The molecule has 1 amide bonds. The molecular formula is C30H28N2O2S. The van der Waals surface area contributed by atoms with E-state index in [-0.39, 0.29) is 11.0 Å². The average Bonchev–Trinajstić information content (AvgIpc) is 2.89. The van der Waals surface area contributed by atoms with Gasteiger partial charge in [0.15, 0.2) is 5.11 Å². The molecule has 0 atom stereocenters. The molecule has 0 heterocycles. The molecular weight excluding hydrogens is 452 g/mol. The van der Waals surface area contributed by atoms with Crippen molar-refractivity contribution >= 4 is 28.9 Å². The zero-order chi connectivity index (χ0) is 24.3. The molecule has 0 spiro atoms. The first kappa shape index (κ1) is 24.2. The van der Waals surface area contributed by atoms with E-state index in [1.807, 2.05) is 103 Å². The molecule has 0 aliphatic rings. The Kier molecular flexibility index (Phi) is 8.63. The van der Waals surface area contributed by atoms with Crippen LogP contribution < -0.4 is 15.4 Å². The number of hydrogen-bond acceptors (Lipinski definition) is 3. The molecule has 4 nitrogen and oxygen atoms in total. The molecule has 0 bridgehead atoms. The molecule has 0 aromatic heterocycles. The number of rotatable bonds is 9. The summed E-state index contributed by atoms with van der Waals surface area (Å²) in [7, 11) is 0. The van der Waals surface area contributed by atoms with Gasteiger partial charge >= 0.3 is 0 Å². The highest BCUT2D eigenvalue weighted by Crippen LogP contribution is 2.26. The van der Waals surface area contributed by atoms with Crippen molar-refractivity contribution in [1.82, 2.24) is 5.32 Å². The van der Waals surface area contributed by atoms with Crippen LogP contribution in [0.25, 0.3) is 0 Å². The van der Waals surface area contributed by atoms with Gasteiger partial charge in [-0.25, -0.2) is 0 Å². The lowest BCUT2D eigenvalue weighted by molar-refractivity contribution is -0.120. The van der Waals surface area contributed by atoms with Crippen LogP contribution in [0.2, 0.25) is 0 Å². The second-order valence-electron chi connectivity index (χ2n) is 8.13. The van der Waals surface area contributed by atoms with Crippen LogP contribution in [0.1, 0.15) is 29.0 Å². The van der Waals surface area contributed by atoms with Crippen LogP contribution >= 0.6 is 12.2 Å². The van der Waals surface area contributed by atoms with Crippen molar-refractivity contribution in [3.63, 3.8) is 0 Å². The highest BCUT2D eigenvalue weighted by molar-refractivity contribution is 7.80. The van der Waals surface area contributed by atoms with E-state index >= 15 is 0 Å². The van der Waals surface area contributed by atoms with Gasteiger partial charge in [0.2, 0.25) is 5.91 Å². The van der Waals surface area contributed by atoms with E-state index in [9.17, 15) is 4.79 Å². The molecule has 0 aliphatic carbocycles. The van der Waals surface area contributed by atoms with Crippen LogP contribution in [-0.4, -0.2) is 17.6 Å². The molecule has 35 heavy (non-hydrogen) atoms. The summed E-state index contributed by atoms with van der Waals surface area (Å²) in [4.78, 5) is 13.3. The van der Waals surface area contributed by atoms with Gasteiger partial charge in [0, 0.05) is 0 Å². The topological polar surface area (TPSA) is 50.4 Å². The third kappa shape index (κ3) is 7.01. The normalized spacial score (nSPS) is 10.5. The summed E-state index contributed by atoms with van der Waals surface area (Å²) < 4.78 is 6.02. The van der Waals surface area contributed by atoms with Crippen LogP contribution in [0, 0.1) is 0 Å². The molecule has 2 N–H and O–H groups in total. The lowest BCUT2D eigenvalue weighted by atomic mass is 9.90. The lowest BCUT2D eigenvalue weighted by Gasteiger charge is -2.19. The van der Waals surface area contributed by atoms with Gasteiger partial charge in [-0.2, -0.15) is 0 Å². The second kappa shape index (κ2) is 12.5. The Hall–Kier alpha value is -3.96. The summed E-state index contributed by atoms with van der Waals surface area (Å²) in [6.07, 6.45) is 1.85. The summed E-state index contributed by atoms with van der Waals surface area (Å²) >= 11 is 5.49. The van der Waals surface area contributed by atoms with Gasteiger partial charge in [-0.3, -0.25) is 4.79 Å². The fourth-order valence-electron chi connectivity index (χ4n) is 3.92. The van der Waals surface area contributed by atoms with E-state index < -0.39 is 5.92 Å². The number of amides is 1. The molecule has 4 aromatic carbocycles. The van der Waals surface area contributed by atoms with E-state index in [0.717, 1.165) is 24.0 Å². The standard InChI is InChI=1S/C30H28N2O2S/c33-29(28(24-16-6-2-7-17-24)25-18-8-3-9-19-25)32-30(35)31-26-20-10-11-21-27(26)34-22-12-15-23-13-4-1-5-14-23/h1-11,13-14,16-21,28H,12,15,22H2,(H2,31,32,33,35). The summed E-state index contributed by atoms with van der Waals surface area (Å²) in [5.74, 6) is 0.0302. The molecule has 0 unspecified atom stereocenters. The quantitative estimate of drug-likeness (QED) is 0.217. The Bertz CT molecular complexity index is 1190. The van der Waals surface area contributed by atoms with Crippen LogP contribution in [-0.2, 0) is 11.2 Å². The summed E-state index contributed by atoms with van der Waals surface area (Å²) in [6.45, 7) is 0.580. The van der Waals surface area contributed by atoms with Gasteiger partial charge in [0.1, 0.15) is 5.75 Å². The van der Waals surface area contributed by atoms with Gasteiger partial charge in [0.25, 0.3) is 0 Å². The average molecular weight is 481 g/mol. The van der Waals surface area contributed by atoms with Crippen molar-refractivity contribution < 1.29 is 9.53 Å². The van der Waals surface area contributed by atoms with Crippen LogP contribution in [0.3, 0.4) is 0 Å². The zero-order valence-corrected chi connectivity index (χ0v) is 20.2. The highest BCUT2D eigenvalue weighted by Gasteiger charge is 2.23. The molecule has 0 saturated carbocycles. The van der Waals surface area contributed by atoms with Gasteiger partial charge in [-0.15, -0.1) is 0 Å². The maximum Gasteiger partial charge on any atom is 0.238 e. The third-order valence-corrected chi connectivity index (χ3v) is 5.81. The predicted octanol–water partition coefficient (Wildman–Crippen LogP) is 6.34. The molecule has 0 aliphatic heterocycles. The fraction of sp³-hybridized carbons (Fsp3) is 0.133.